The lowest BCUT2D eigenvalue weighted by atomic mass is 9.82. The molecule has 2 aliphatic rings. The Labute approximate surface area is 205 Å². The lowest BCUT2D eigenvalue weighted by Crippen LogP contribution is -2.64. The average molecular weight is 481 g/mol. The smallest absolute Gasteiger partial charge is 0.316 e. The summed E-state index contributed by atoms with van der Waals surface area (Å²) in [5, 5.41) is 3.18. The molecule has 196 valence electrons. The lowest BCUT2D eigenvalue weighted by Gasteiger charge is -2.42. The molecule has 1 spiro atoms. The number of nitrogens with two attached hydrogens (primary N) is 3. The van der Waals surface area contributed by atoms with E-state index in [-0.39, 0.29) is 18.0 Å². The third kappa shape index (κ3) is 9.68. The van der Waals surface area contributed by atoms with Gasteiger partial charge in [-0.25, -0.2) is 4.99 Å². The first-order chi connectivity index (χ1) is 16.5. The Balaban J connectivity index is 1.81. The topological polar surface area (TPSA) is 150 Å². The maximum absolute atomic E-state index is 13.2. The van der Waals surface area contributed by atoms with E-state index in [0.29, 0.717) is 25.7 Å². The number of hydrogen-bond acceptors (Lipinski definition) is 7. The number of carbonyl (C=O) groups is 1. The number of carbonyl (C=O) groups excluding carboxylic acids is 1. The number of esters is 1. The number of unbranched alkanes of at least 4 members (excludes halogenated alkanes) is 10. The zero-order valence-electron chi connectivity index (χ0n) is 21.2. The van der Waals surface area contributed by atoms with Crippen LogP contribution in [0, 0.1) is 5.92 Å². The van der Waals surface area contributed by atoms with Gasteiger partial charge in [0.05, 0.1) is 12.6 Å². The number of rotatable bonds is 17. The minimum absolute atomic E-state index is 0.107. The first-order valence-electron chi connectivity index (χ1n) is 13.5. The van der Waals surface area contributed by atoms with Crippen molar-refractivity contribution in [3.05, 3.63) is 0 Å². The zero-order chi connectivity index (χ0) is 24.7. The molecule has 9 nitrogen and oxygen atoms in total. The van der Waals surface area contributed by atoms with Crippen LogP contribution in [0.25, 0.3) is 0 Å². The van der Waals surface area contributed by atoms with Crippen molar-refractivity contribution in [2.75, 3.05) is 19.8 Å². The van der Waals surface area contributed by atoms with Gasteiger partial charge in [0.1, 0.15) is 5.92 Å². The molecule has 0 aromatic carbocycles. The van der Waals surface area contributed by atoms with Gasteiger partial charge in [-0.2, -0.15) is 0 Å². The summed E-state index contributed by atoms with van der Waals surface area (Å²) in [6.07, 6.45) is 16.3. The Hall–Kier alpha value is -2.03. The molecule has 2 heterocycles. The summed E-state index contributed by atoms with van der Waals surface area (Å²) < 4.78 is 11.8. The Morgan fingerprint density at radius 1 is 1.09 bits per heavy atom. The summed E-state index contributed by atoms with van der Waals surface area (Å²) in [6, 6.07) is -0.210. The van der Waals surface area contributed by atoms with Crippen molar-refractivity contribution in [3.8, 4) is 0 Å². The number of hydrogen-bond donors (Lipinski definition) is 4. The fourth-order valence-corrected chi connectivity index (χ4v) is 5.00. The summed E-state index contributed by atoms with van der Waals surface area (Å²) in [4.78, 5) is 21.8. The minimum atomic E-state index is -0.791. The number of guanidine groups is 2. The maximum Gasteiger partial charge on any atom is 0.316 e. The van der Waals surface area contributed by atoms with Crippen molar-refractivity contribution in [1.82, 2.24) is 5.32 Å². The van der Waals surface area contributed by atoms with Crippen LogP contribution >= 0.6 is 0 Å². The molecule has 0 amide bonds. The summed E-state index contributed by atoms with van der Waals surface area (Å²) in [7, 11) is 0. The fraction of sp³-hybridized carbons (Fsp3) is 0.880. The van der Waals surface area contributed by atoms with Crippen molar-refractivity contribution in [3.63, 3.8) is 0 Å². The monoisotopic (exact) mass is 480 g/mol. The summed E-state index contributed by atoms with van der Waals surface area (Å²) in [5.74, 6) is -0.240. The van der Waals surface area contributed by atoms with Crippen LogP contribution in [-0.4, -0.2) is 49.4 Å². The van der Waals surface area contributed by atoms with Crippen LogP contribution in [0.2, 0.25) is 0 Å². The molecule has 0 aromatic rings. The van der Waals surface area contributed by atoms with Gasteiger partial charge in [-0.05, 0) is 38.5 Å². The third-order valence-corrected chi connectivity index (χ3v) is 6.78. The molecule has 34 heavy (non-hydrogen) atoms. The average Bonchev–Trinajstić information content (AvgIpc) is 3.24. The highest BCUT2D eigenvalue weighted by molar-refractivity contribution is 5.84. The summed E-state index contributed by atoms with van der Waals surface area (Å²) in [5.41, 5.74) is 16.0. The molecule has 0 aliphatic carbocycles. The van der Waals surface area contributed by atoms with Gasteiger partial charge in [0.2, 0.25) is 0 Å². The van der Waals surface area contributed by atoms with Crippen molar-refractivity contribution in [1.29, 1.82) is 0 Å². The van der Waals surface area contributed by atoms with E-state index in [4.69, 9.17) is 26.7 Å². The van der Waals surface area contributed by atoms with E-state index in [1.807, 2.05) is 0 Å². The first-order valence-corrected chi connectivity index (χ1v) is 13.5. The number of nitrogens with one attached hydrogen (secondary N) is 1. The highest BCUT2D eigenvalue weighted by Gasteiger charge is 2.53. The molecular weight excluding hydrogens is 432 g/mol. The van der Waals surface area contributed by atoms with Crippen molar-refractivity contribution < 1.29 is 14.3 Å². The maximum atomic E-state index is 13.2. The highest BCUT2D eigenvalue weighted by Crippen LogP contribution is 2.38. The van der Waals surface area contributed by atoms with Gasteiger partial charge < -0.3 is 32.0 Å². The quantitative estimate of drug-likeness (QED) is 0.108. The number of ether oxygens (including phenoxy) is 2. The van der Waals surface area contributed by atoms with Crippen LogP contribution in [0.3, 0.4) is 0 Å². The van der Waals surface area contributed by atoms with E-state index in [9.17, 15) is 4.79 Å². The Kier molecular flexibility index (Phi) is 13.1. The van der Waals surface area contributed by atoms with E-state index in [1.165, 1.54) is 44.9 Å². The van der Waals surface area contributed by atoms with Crippen LogP contribution in [0.1, 0.15) is 103 Å². The number of aliphatic imine (C=N–C) groups is 2. The van der Waals surface area contributed by atoms with Gasteiger partial charge >= 0.3 is 5.97 Å². The zero-order valence-corrected chi connectivity index (χ0v) is 21.2. The molecule has 2 rings (SSSR count). The van der Waals surface area contributed by atoms with E-state index >= 15 is 0 Å². The first kappa shape index (κ1) is 28.2. The van der Waals surface area contributed by atoms with Crippen LogP contribution in [0.4, 0.5) is 0 Å². The molecule has 0 aromatic heterocycles. The molecule has 0 radical (unpaired) electrons. The van der Waals surface area contributed by atoms with Gasteiger partial charge in [-0.3, -0.25) is 9.79 Å². The predicted octanol–water partition coefficient (Wildman–Crippen LogP) is 3.30. The molecule has 0 unspecified atom stereocenters. The van der Waals surface area contributed by atoms with Gasteiger partial charge in [0, 0.05) is 13.2 Å². The van der Waals surface area contributed by atoms with Crippen LogP contribution in [0.15, 0.2) is 9.98 Å². The second-order valence-electron chi connectivity index (χ2n) is 9.68. The summed E-state index contributed by atoms with van der Waals surface area (Å²) >= 11 is 0. The van der Waals surface area contributed by atoms with E-state index in [2.05, 4.69) is 22.2 Å². The fourth-order valence-electron chi connectivity index (χ4n) is 5.00. The van der Waals surface area contributed by atoms with E-state index in [0.717, 1.165) is 51.4 Å². The largest absolute Gasteiger partial charge is 0.465 e. The van der Waals surface area contributed by atoms with Gasteiger partial charge in [0.15, 0.2) is 17.6 Å². The van der Waals surface area contributed by atoms with Gasteiger partial charge in [-0.1, -0.05) is 64.7 Å². The van der Waals surface area contributed by atoms with Gasteiger partial charge in [0.25, 0.3) is 0 Å². The predicted molar refractivity (Wildman–Crippen MR) is 137 cm³/mol. The second-order valence-corrected chi connectivity index (χ2v) is 9.68. The van der Waals surface area contributed by atoms with Crippen LogP contribution in [0.5, 0.6) is 0 Å². The number of nitrogens with zero attached hydrogens (tertiary/aromatic N) is 2. The molecular formula is C25H48N6O3. The molecule has 1 saturated heterocycles. The summed E-state index contributed by atoms with van der Waals surface area (Å²) in [6.45, 7) is 3.82. The lowest BCUT2D eigenvalue weighted by molar-refractivity contribution is -0.165. The van der Waals surface area contributed by atoms with Crippen molar-refractivity contribution in [2.24, 2.45) is 33.1 Å². The van der Waals surface area contributed by atoms with Crippen molar-refractivity contribution >= 4 is 17.9 Å². The minimum Gasteiger partial charge on any atom is -0.465 e. The van der Waals surface area contributed by atoms with E-state index < -0.39 is 11.6 Å². The molecule has 3 atom stereocenters. The molecule has 7 N–H and O–H groups in total. The standard InChI is InChI=1S/C25H48N6O3/c1-2-3-4-5-6-7-8-9-11-15-20-21(25(16-14-19-34-25)31-24(28)30-20)22(32)33-18-13-10-12-17-29-23(26)27/h20-21H,2-19H2,1H3,(H4,26,27,29)(H3,28,30,31)/t20-,21-,25-/m0/s1. The SMILES string of the molecule is CCCCCCCCCCC[C@@H]1N=C(N)N[C@]2(CCCO2)[C@@H]1C(=O)OCCCCCN=C(N)N. The molecule has 2 aliphatic heterocycles. The van der Waals surface area contributed by atoms with Crippen LogP contribution < -0.4 is 22.5 Å². The Bertz CT molecular complexity index is 645. The molecule has 1 fully saturated rings. The molecule has 9 heteroatoms. The van der Waals surface area contributed by atoms with Crippen LogP contribution in [-0.2, 0) is 14.3 Å². The highest BCUT2D eigenvalue weighted by atomic mass is 16.5. The third-order valence-electron chi connectivity index (χ3n) is 6.78. The van der Waals surface area contributed by atoms with Crippen molar-refractivity contribution in [2.45, 2.75) is 115 Å². The van der Waals surface area contributed by atoms with E-state index in [1.54, 1.807) is 0 Å². The Morgan fingerprint density at radius 2 is 1.76 bits per heavy atom. The second kappa shape index (κ2) is 15.8. The molecule has 0 saturated carbocycles. The Morgan fingerprint density at radius 3 is 2.41 bits per heavy atom. The molecule has 0 bridgehead atoms. The normalized spacial score (nSPS) is 24.0. The van der Waals surface area contributed by atoms with Gasteiger partial charge in [-0.15, -0.1) is 0 Å².